The SMILES string of the molecule is C=CCN1CC(C)Oc2ccc(I)cc2C1=O. The third-order valence-corrected chi connectivity index (χ3v) is 3.29. The van der Waals surface area contributed by atoms with Crippen molar-refractivity contribution in [2.75, 3.05) is 13.1 Å². The molecule has 2 rings (SSSR count). The third kappa shape index (κ3) is 2.62. The number of amides is 1. The van der Waals surface area contributed by atoms with Crippen LogP contribution in [-0.4, -0.2) is 30.0 Å². The first-order chi connectivity index (χ1) is 8.11. The Morgan fingerprint density at radius 2 is 2.41 bits per heavy atom. The average molecular weight is 343 g/mol. The highest BCUT2D eigenvalue weighted by atomic mass is 127. The van der Waals surface area contributed by atoms with Crippen molar-refractivity contribution in [3.05, 3.63) is 40.0 Å². The van der Waals surface area contributed by atoms with Crippen molar-refractivity contribution >= 4 is 28.5 Å². The first-order valence-corrected chi connectivity index (χ1v) is 6.56. The van der Waals surface area contributed by atoms with Crippen molar-refractivity contribution in [3.8, 4) is 5.75 Å². The molecule has 17 heavy (non-hydrogen) atoms. The van der Waals surface area contributed by atoms with E-state index in [1.807, 2.05) is 25.1 Å². The van der Waals surface area contributed by atoms with E-state index >= 15 is 0 Å². The molecule has 1 unspecified atom stereocenters. The van der Waals surface area contributed by atoms with Crippen molar-refractivity contribution in [2.45, 2.75) is 13.0 Å². The van der Waals surface area contributed by atoms with Crippen LogP contribution in [-0.2, 0) is 0 Å². The van der Waals surface area contributed by atoms with E-state index in [1.54, 1.807) is 11.0 Å². The highest BCUT2D eigenvalue weighted by Crippen LogP contribution is 2.26. The molecule has 1 aromatic carbocycles. The van der Waals surface area contributed by atoms with Crippen LogP contribution < -0.4 is 4.74 Å². The van der Waals surface area contributed by atoms with Crippen LogP contribution in [0.1, 0.15) is 17.3 Å². The fourth-order valence-corrected chi connectivity index (χ4v) is 2.39. The Labute approximate surface area is 115 Å². The van der Waals surface area contributed by atoms with Gasteiger partial charge < -0.3 is 9.64 Å². The molecular formula is C13H14INO2. The minimum Gasteiger partial charge on any atom is -0.488 e. The van der Waals surface area contributed by atoms with Crippen LogP contribution in [0.3, 0.4) is 0 Å². The van der Waals surface area contributed by atoms with E-state index in [9.17, 15) is 4.79 Å². The lowest BCUT2D eigenvalue weighted by atomic mass is 10.2. The van der Waals surface area contributed by atoms with E-state index in [2.05, 4.69) is 29.2 Å². The Kier molecular flexibility index (Phi) is 3.71. The number of halogens is 1. The molecule has 90 valence electrons. The van der Waals surface area contributed by atoms with Crippen LogP contribution in [0, 0.1) is 3.57 Å². The molecule has 3 nitrogen and oxygen atoms in total. The molecule has 0 radical (unpaired) electrons. The van der Waals surface area contributed by atoms with E-state index < -0.39 is 0 Å². The van der Waals surface area contributed by atoms with Crippen molar-refractivity contribution < 1.29 is 9.53 Å². The number of nitrogens with zero attached hydrogens (tertiary/aromatic N) is 1. The lowest BCUT2D eigenvalue weighted by molar-refractivity contribution is 0.0744. The number of hydrogen-bond acceptors (Lipinski definition) is 2. The van der Waals surface area contributed by atoms with Gasteiger partial charge in [-0.15, -0.1) is 6.58 Å². The summed E-state index contributed by atoms with van der Waals surface area (Å²) >= 11 is 2.20. The predicted molar refractivity (Wildman–Crippen MR) is 75.3 cm³/mol. The van der Waals surface area contributed by atoms with Gasteiger partial charge in [0, 0.05) is 10.1 Å². The van der Waals surface area contributed by atoms with Crippen LogP contribution in [0.5, 0.6) is 5.75 Å². The molecule has 0 saturated heterocycles. The van der Waals surface area contributed by atoms with Gasteiger partial charge in [-0.2, -0.15) is 0 Å². The van der Waals surface area contributed by atoms with Gasteiger partial charge in [0.15, 0.2) is 0 Å². The largest absolute Gasteiger partial charge is 0.488 e. The van der Waals surface area contributed by atoms with Crippen LogP contribution >= 0.6 is 22.6 Å². The number of fused-ring (bicyclic) bond motifs is 1. The molecule has 1 amide bonds. The van der Waals surface area contributed by atoms with Crippen molar-refractivity contribution in [2.24, 2.45) is 0 Å². The molecule has 0 fully saturated rings. The molecule has 0 N–H and O–H groups in total. The summed E-state index contributed by atoms with van der Waals surface area (Å²) in [5.74, 6) is 0.692. The second-order valence-corrected chi connectivity index (χ2v) is 5.31. The van der Waals surface area contributed by atoms with Gasteiger partial charge in [0.2, 0.25) is 0 Å². The molecule has 0 saturated carbocycles. The summed E-state index contributed by atoms with van der Waals surface area (Å²) in [5, 5.41) is 0. The second kappa shape index (κ2) is 5.08. The Morgan fingerprint density at radius 1 is 1.65 bits per heavy atom. The number of rotatable bonds is 2. The summed E-state index contributed by atoms with van der Waals surface area (Å²) in [7, 11) is 0. The number of ether oxygens (including phenoxy) is 1. The summed E-state index contributed by atoms with van der Waals surface area (Å²) in [6.45, 7) is 6.80. The smallest absolute Gasteiger partial charge is 0.258 e. The molecule has 1 heterocycles. The van der Waals surface area contributed by atoms with Crippen LogP contribution in [0.25, 0.3) is 0 Å². The van der Waals surface area contributed by atoms with Crippen LogP contribution in [0.2, 0.25) is 0 Å². The quantitative estimate of drug-likeness (QED) is 0.611. The Balaban J connectivity index is 2.43. The molecular weight excluding hydrogens is 329 g/mol. The molecule has 4 heteroatoms. The maximum atomic E-state index is 12.3. The van der Waals surface area contributed by atoms with Gasteiger partial charge in [0.05, 0.1) is 12.1 Å². The summed E-state index contributed by atoms with van der Waals surface area (Å²) in [6, 6.07) is 5.68. The highest BCUT2D eigenvalue weighted by molar-refractivity contribution is 14.1. The number of hydrogen-bond donors (Lipinski definition) is 0. The Morgan fingerprint density at radius 3 is 3.12 bits per heavy atom. The fourth-order valence-electron chi connectivity index (χ4n) is 1.90. The lowest BCUT2D eigenvalue weighted by Gasteiger charge is -2.20. The topological polar surface area (TPSA) is 29.5 Å². The fraction of sp³-hybridized carbons (Fsp3) is 0.308. The number of carbonyl (C=O) groups excluding carboxylic acids is 1. The van der Waals surface area contributed by atoms with Gasteiger partial charge >= 0.3 is 0 Å². The molecule has 0 spiro atoms. The zero-order valence-electron chi connectivity index (χ0n) is 9.65. The van der Waals surface area contributed by atoms with Gasteiger partial charge in [-0.1, -0.05) is 6.08 Å². The van der Waals surface area contributed by atoms with Gasteiger partial charge in [-0.05, 0) is 47.7 Å². The van der Waals surface area contributed by atoms with Crippen molar-refractivity contribution in [3.63, 3.8) is 0 Å². The predicted octanol–water partition coefficient (Wildman–Crippen LogP) is 2.70. The van der Waals surface area contributed by atoms with E-state index in [1.165, 1.54) is 0 Å². The Bertz CT molecular complexity index is 459. The second-order valence-electron chi connectivity index (χ2n) is 4.07. The lowest BCUT2D eigenvalue weighted by Crippen LogP contribution is -2.35. The highest BCUT2D eigenvalue weighted by Gasteiger charge is 2.26. The molecule has 0 bridgehead atoms. The summed E-state index contributed by atoms with van der Waals surface area (Å²) in [4.78, 5) is 14.1. The normalized spacial score (nSPS) is 19.3. The van der Waals surface area contributed by atoms with E-state index in [-0.39, 0.29) is 12.0 Å². The molecule has 1 aliphatic rings. The third-order valence-electron chi connectivity index (χ3n) is 2.61. The first-order valence-electron chi connectivity index (χ1n) is 5.48. The maximum Gasteiger partial charge on any atom is 0.258 e. The summed E-state index contributed by atoms with van der Waals surface area (Å²) in [6.07, 6.45) is 1.74. The molecule has 0 aromatic heterocycles. The van der Waals surface area contributed by atoms with Crippen molar-refractivity contribution in [1.29, 1.82) is 0 Å². The summed E-state index contributed by atoms with van der Waals surface area (Å²) < 4.78 is 6.79. The molecule has 1 atom stereocenters. The van der Waals surface area contributed by atoms with E-state index in [0.29, 0.717) is 24.4 Å². The molecule has 1 aromatic rings. The van der Waals surface area contributed by atoms with Gasteiger partial charge in [0.1, 0.15) is 11.9 Å². The van der Waals surface area contributed by atoms with Crippen LogP contribution in [0.15, 0.2) is 30.9 Å². The van der Waals surface area contributed by atoms with Gasteiger partial charge in [-0.3, -0.25) is 4.79 Å². The standard InChI is InChI=1S/C13H14INO2/c1-3-6-15-8-9(2)17-12-5-4-10(14)7-11(12)13(15)16/h3-5,7,9H,1,6,8H2,2H3. The molecule has 0 aliphatic carbocycles. The monoisotopic (exact) mass is 343 g/mol. The zero-order chi connectivity index (χ0) is 12.4. The van der Waals surface area contributed by atoms with Crippen LogP contribution in [0.4, 0.5) is 0 Å². The van der Waals surface area contributed by atoms with E-state index in [0.717, 1.165) is 3.57 Å². The zero-order valence-corrected chi connectivity index (χ0v) is 11.8. The maximum absolute atomic E-state index is 12.3. The summed E-state index contributed by atoms with van der Waals surface area (Å²) in [5.41, 5.74) is 0.642. The number of carbonyl (C=O) groups is 1. The Hall–Kier alpha value is -1.04. The number of benzene rings is 1. The average Bonchev–Trinajstić information content (AvgIpc) is 2.39. The van der Waals surface area contributed by atoms with Gasteiger partial charge in [-0.25, -0.2) is 0 Å². The van der Waals surface area contributed by atoms with E-state index in [4.69, 9.17) is 4.74 Å². The van der Waals surface area contributed by atoms with Gasteiger partial charge in [0.25, 0.3) is 5.91 Å². The minimum absolute atomic E-state index is 0.000196. The minimum atomic E-state index is 0.000196. The first kappa shape index (κ1) is 12.4. The van der Waals surface area contributed by atoms with Crippen molar-refractivity contribution in [1.82, 2.24) is 4.90 Å². The molecule has 1 aliphatic heterocycles.